The average molecular weight is 276 g/mol. The molecule has 0 spiro atoms. The summed E-state index contributed by atoms with van der Waals surface area (Å²) in [5.74, 6) is -0.509. The van der Waals surface area contributed by atoms with Gasteiger partial charge in [0.25, 0.3) is 0 Å². The summed E-state index contributed by atoms with van der Waals surface area (Å²) in [6.45, 7) is 3.44. The topological polar surface area (TPSA) is 38.3 Å². The van der Waals surface area contributed by atoms with Crippen LogP contribution in [0.3, 0.4) is 0 Å². The van der Waals surface area contributed by atoms with Crippen LogP contribution >= 0.6 is 15.9 Å². The highest BCUT2D eigenvalue weighted by atomic mass is 79.9. The van der Waals surface area contributed by atoms with Crippen molar-refractivity contribution in [3.05, 3.63) is 28.5 Å². The molecule has 1 aromatic rings. The normalized spacial score (nSPS) is 10.2. The first kappa shape index (κ1) is 12.0. The average Bonchev–Trinajstić information content (AvgIpc) is 2.08. The molecule has 0 aromatic heterocycles. The molecular weight excluding hydrogens is 265 g/mol. The maximum absolute atomic E-state index is 13.2. The number of hydrogen-bond donors (Lipinski definition) is 1. The Morgan fingerprint density at radius 3 is 2.73 bits per heavy atom. The largest absolute Gasteiger partial charge is 0.447 e. The lowest BCUT2D eigenvalue weighted by molar-refractivity contribution is 0.130. The maximum Gasteiger partial charge on any atom is 0.411 e. The number of halogens is 2. The van der Waals surface area contributed by atoms with Gasteiger partial charge in [-0.05, 0) is 32.0 Å². The molecule has 0 fully saturated rings. The Balaban J connectivity index is 2.68. The van der Waals surface area contributed by atoms with Crippen molar-refractivity contribution in [3.8, 4) is 0 Å². The van der Waals surface area contributed by atoms with Gasteiger partial charge in [0, 0.05) is 4.47 Å². The van der Waals surface area contributed by atoms with Gasteiger partial charge in [-0.15, -0.1) is 0 Å². The van der Waals surface area contributed by atoms with E-state index in [4.69, 9.17) is 4.74 Å². The molecule has 0 bridgehead atoms. The van der Waals surface area contributed by atoms with Crippen LogP contribution in [0.25, 0.3) is 0 Å². The smallest absolute Gasteiger partial charge is 0.411 e. The molecular formula is C10H11BrFNO2. The van der Waals surface area contributed by atoms with Crippen LogP contribution in [-0.2, 0) is 4.74 Å². The lowest BCUT2D eigenvalue weighted by Crippen LogP contribution is -2.18. The zero-order valence-electron chi connectivity index (χ0n) is 8.38. The second-order valence-electron chi connectivity index (χ2n) is 3.20. The van der Waals surface area contributed by atoms with E-state index in [2.05, 4.69) is 21.2 Å². The summed E-state index contributed by atoms with van der Waals surface area (Å²) in [7, 11) is 0. The summed E-state index contributed by atoms with van der Waals surface area (Å²) >= 11 is 3.12. The lowest BCUT2D eigenvalue weighted by Gasteiger charge is -2.09. The first-order chi connectivity index (χ1) is 6.99. The first-order valence-corrected chi connectivity index (χ1v) is 5.21. The van der Waals surface area contributed by atoms with Gasteiger partial charge in [0.2, 0.25) is 0 Å². The van der Waals surface area contributed by atoms with E-state index in [1.54, 1.807) is 19.9 Å². The van der Waals surface area contributed by atoms with Crippen molar-refractivity contribution >= 4 is 27.7 Å². The van der Waals surface area contributed by atoms with Crippen molar-refractivity contribution in [1.29, 1.82) is 0 Å². The molecule has 0 radical (unpaired) electrons. The van der Waals surface area contributed by atoms with Crippen LogP contribution in [0.5, 0.6) is 0 Å². The van der Waals surface area contributed by atoms with Gasteiger partial charge in [0.1, 0.15) is 5.82 Å². The third kappa shape index (κ3) is 3.87. The van der Waals surface area contributed by atoms with E-state index in [0.29, 0.717) is 4.47 Å². The quantitative estimate of drug-likeness (QED) is 0.897. The number of anilines is 1. The number of rotatable bonds is 2. The molecule has 0 saturated carbocycles. The molecule has 15 heavy (non-hydrogen) atoms. The highest BCUT2D eigenvalue weighted by molar-refractivity contribution is 9.10. The molecule has 0 aliphatic rings. The van der Waals surface area contributed by atoms with E-state index in [1.807, 2.05) is 0 Å². The number of nitrogens with one attached hydrogen (secondary N) is 1. The van der Waals surface area contributed by atoms with E-state index in [0.717, 1.165) is 0 Å². The minimum Gasteiger partial charge on any atom is -0.447 e. The minimum atomic E-state index is -0.661. The van der Waals surface area contributed by atoms with Crippen molar-refractivity contribution in [2.75, 3.05) is 5.32 Å². The summed E-state index contributed by atoms with van der Waals surface area (Å²) in [6.07, 6.45) is -0.894. The zero-order valence-corrected chi connectivity index (χ0v) is 9.97. The molecule has 3 nitrogen and oxygen atoms in total. The summed E-state index contributed by atoms with van der Waals surface area (Å²) in [4.78, 5) is 11.1. The number of benzene rings is 1. The fraction of sp³-hybridized carbons (Fsp3) is 0.300. The van der Waals surface area contributed by atoms with Crippen molar-refractivity contribution in [2.24, 2.45) is 0 Å². The Labute approximate surface area is 95.7 Å². The molecule has 1 rings (SSSR count). The predicted octanol–water partition coefficient (Wildman–Crippen LogP) is 3.55. The van der Waals surface area contributed by atoms with Crippen molar-refractivity contribution in [3.63, 3.8) is 0 Å². The predicted molar refractivity (Wildman–Crippen MR) is 59.3 cm³/mol. The van der Waals surface area contributed by atoms with Gasteiger partial charge in [-0.1, -0.05) is 15.9 Å². The monoisotopic (exact) mass is 275 g/mol. The summed E-state index contributed by atoms with van der Waals surface area (Å²) in [6, 6.07) is 4.36. The number of carbonyl (C=O) groups excluding carboxylic acids is 1. The lowest BCUT2D eigenvalue weighted by atomic mass is 10.3. The van der Waals surface area contributed by atoms with Crippen LogP contribution in [0.1, 0.15) is 13.8 Å². The number of hydrogen-bond acceptors (Lipinski definition) is 2. The van der Waals surface area contributed by atoms with Gasteiger partial charge >= 0.3 is 6.09 Å². The summed E-state index contributed by atoms with van der Waals surface area (Å²) in [5, 5.41) is 2.31. The van der Waals surface area contributed by atoms with Gasteiger partial charge < -0.3 is 4.74 Å². The number of carbonyl (C=O) groups is 1. The third-order valence-corrected chi connectivity index (χ3v) is 2.00. The van der Waals surface area contributed by atoms with Crippen molar-refractivity contribution < 1.29 is 13.9 Å². The Kier molecular flexibility index (Phi) is 4.08. The van der Waals surface area contributed by atoms with Crippen LogP contribution in [-0.4, -0.2) is 12.2 Å². The van der Waals surface area contributed by atoms with E-state index in [9.17, 15) is 9.18 Å². The molecule has 0 saturated heterocycles. The molecule has 0 heterocycles. The van der Waals surface area contributed by atoms with Gasteiger partial charge in [0.15, 0.2) is 0 Å². The fourth-order valence-corrected chi connectivity index (χ4v) is 1.28. The highest BCUT2D eigenvalue weighted by Crippen LogP contribution is 2.19. The Morgan fingerprint density at radius 1 is 1.53 bits per heavy atom. The Bertz CT molecular complexity index is 368. The first-order valence-electron chi connectivity index (χ1n) is 4.41. The molecule has 1 aromatic carbocycles. The van der Waals surface area contributed by atoms with Crippen LogP contribution in [0.2, 0.25) is 0 Å². The van der Waals surface area contributed by atoms with Crippen molar-refractivity contribution in [2.45, 2.75) is 20.0 Å². The molecule has 1 N–H and O–H groups in total. The van der Waals surface area contributed by atoms with Crippen LogP contribution in [0.4, 0.5) is 14.9 Å². The standard InChI is InChI=1S/C10H11BrFNO2/c1-6(2)15-10(14)13-9-4-3-7(11)5-8(9)12/h3-6H,1-2H3,(H,13,14). The van der Waals surface area contributed by atoms with Crippen LogP contribution in [0, 0.1) is 5.82 Å². The molecule has 0 aliphatic carbocycles. The second kappa shape index (κ2) is 5.11. The van der Waals surface area contributed by atoms with E-state index in [1.165, 1.54) is 12.1 Å². The molecule has 0 atom stereocenters. The van der Waals surface area contributed by atoms with Gasteiger partial charge in [-0.3, -0.25) is 5.32 Å². The Hall–Kier alpha value is -1.10. The molecule has 1 amide bonds. The molecule has 0 unspecified atom stereocenters. The second-order valence-corrected chi connectivity index (χ2v) is 4.12. The van der Waals surface area contributed by atoms with E-state index < -0.39 is 11.9 Å². The number of amides is 1. The van der Waals surface area contributed by atoms with Gasteiger partial charge in [-0.25, -0.2) is 9.18 Å². The Morgan fingerprint density at radius 2 is 2.20 bits per heavy atom. The third-order valence-electron chi connectivity index (χ3n) is 1.51. The summed E-state index contributed by atoms with van der Waals surface area (Å²) < 4.78 is 18.7. The van der Waals surface area contributed by atoms with Crippen molar-refractivity contribution in [1.82, 2.24) is 0 Å². The molecule has 0 aliphatic heterocycles. The molecule has 82 valence electrons. The number of ether oxygens (including phenoxy) is 1. The zero-order chi connectivity index (χ0) is 11.4. The van der Waals surface area contributed by atoms with Crippen LogP contribution < -0.4 is 5.32 Å². The SMILES string of the molecule is CC(C)OC(=O)Nc1ccc(Br)cc1F. The van der Waals surface area contributed by atoms with Gasteiger partial charge in [-0.2, -0.15) is 0 Å². The summed E-state index contributed by atoms with van der Waals surface area (Å²) in [5.41, 5.74) is 0.101. The van der Waals surface area contributed by atoms with E-state index in [-0.39, 0.29) is 11.8 Å². The maximum atomic E-state index is 13.2. The van der Waals surface area contributed by atoms with Gasteiger partial charge in [0.05, 0.1) is 11.8 Å². The van der Waals surface area contributed by atoms with E-state index >= 15 is 0 Å². The van der Waals surface area contributed by atoms with Crippen LogP contribution in [0.15, 0.2) is 22.7 Å². The highest BCUT2D eigenvalue weighted by Gasteiger charge is 2.09. The fourth-order valence-electron chi connectivity index (χ4n) is 0.944. The minimum absolute atomic E-state index is 0.101. The molecule has 5 heteroatoms.